The first-order valence-electron chi connectivity index (χ1n) is 12.0. The van der Waals surface area contributed by atoms with E-state index in [0.29, 0.717) is 18.4 Å². The molecule has 2 heterocycles. The van der Waals surface area contributed by atoms with Crippen molar-refractivity contribution in [2.75, 3.05) is 6.61 Å². The number of rotatable bonds is 3. The Morgan fingerprint density at radius 3 is 2.54 bits per heavy atom. The Hall–Kier alpha value is -2.13. The van der Waals surface area contributed by atoms with E-state index in [9.17, 15) is 24.9 Å². The van der Waals surface area contributed by atoms with Gasteiger partial charge in [0.2, 0.25) is 0 Å². The predicted octanol–water partition coefficient (Wildman–Crippen LogP) is 4.01. The molecule has 8 heteroatoms. The van der Waals surface area contributed by atoms with Crippen LogP contribution >= 0.6 is 11.3 Å². The highest BCUT2D eigenvalue weighted by atomic mass is 32.1. The van der Waals surface area contributed by atoms with Crippen LogP contribution in [0.3, 0.4) is 0 Å². The number of nitrogens with zero attached hydrogens (tertiary/aromatic N) is 1. The molecule has 7 nitrogen and oxygen atoms in total. The summed E-state index contributed by atoms with van der Waals surface area (Å²) in [6.07, 6.45) is 5.00. The summed E-state index contributed by atoms with van der Waals surface area (Å²) in [5, 5.41) is 34.2. The van der Waals surface area contributed by atoms with Crippen LogP contribution in [0.15, 0.2) is 34.8 Å². The molecule has 0 fully saturated rings. The number of hydrogen-bond acceptors (Lipinski definition) is 8. The van der Waals surface area contributed by atoms with Crippen LogP contribution in [0.1, 0.15) is 64.6 Å². The van der Waals surface area contributed by atoms with E-state index in [-0.39, 0.29) is 24.7 Å². The molecule has 0 saturated heterocycles. The number of aryl methyl sites for hydroxylation is 1. The third kappa shape index (κ3) is 7.93. The Kier molecular flexibility index (Phi) is 10.6. The third-order valence-corrected chi connectivity index (χ3v) is 7.54. The third-order valence-electron chi connectivity index (χ3n) is 6.75. The summed E-state index contributed by atoms with van der Waals surface area (Å²) < 4.78 is 5.75. The van der Waals surface area contributed by atoms with E-state index in [2.05, 4.69) is 4.98 Å². The second kappa shape index (κ2) is 12.7. The lowest BCUT2D eigenvalue weighted by atomic mass is 9.73. The monoisotopic (exact) mass is 505 g/mol. The number of aromatic nitrogens is 1. The van der Waals surface area contributed by atoms with Gasteiger partial charge in [-0.3, -0.25) is 9.59 Å². The molecule has 0 unspecified atom stereocenters. The van der Waals surface area contributed by atoms with Gasteiger partial charge in [-0.25, -0.2) is 4.98 Å². The molecule has 0 aromatic carbocycles. The molecule has 1 aromatic heterocycles. The lowest BCUT2D eigenvalue weighted by molar-refractivity contribution is -0.154. The molecule has 1 aliphatic rings. The minimum atomic E-state index is -1.27. The van der Waals surface area contributed by atoms with Gasteiger partial charge in [-0.15, -0.1) is 11.3 Å². The van der Waals surface area contributed by atoms with Gasteiger partial charge in [-0.2, -0.15) is 0 Å². The van der Waals surface area contributed by atoms with Crippen molar-refractivity contribution in [1.82, 2.24) is 4.98 Å². The lowest BCUT2D eigenvalue weighted by Gasteiger charge is -2.34. The number of aliphatic hydroxyl groups excluding tert-OH is 3. The van der Waals surface area contributed by atoms with E-state index in [4.69, 9.17) is 4.74 Å². The van der Waals surface area contributed by atoms with E-state index < -0.39 is 35.6 Å². The highest BCUT2D eigenvalue weighted by Gasteiger charge is 2.42. The van der Waals surface area contributed by atoms with E-state index in [1.165, 1.54) is 11.3 Å². The molecule has 2 rings (SSSR count). The predicted molar refractivity (Wildman–Crippen MR) is 138 cm³/mol. The maximum absolute atomic E-state index is 13.2. The van der Waals surface area contributed by atoms with Gasteiger partial charge in [0, 0.05) is 17.7 Å². The average Bonchev–Trinajstić information content (AvgIpc) is 3.21. The van der Waals surface area contributed by atoms with Crippen molar-refractivity contribution in [3.05, 3.63) is 45.5 Å². The summed E-state index contributed by atoms with van der Waals surface area (Å²) >= 11 is 1.52. The van der Waals surface area contributed by atoms with Gasteiger partial charge in [0.05, 0.1) is 41.4 Å². The summed E-state index contributed by atoms with van der Waals surface area (Å²) in [5.41, 5.74) is 0.960. The maximum Gasteiger partial charge on any atom is 0.309 e. The number of allylic oxidation sites excluding steroid dienone is 1. The van der Waals surface area contributed by atoms with E-state index in [1.54, 1.807) is 26.8 Å². The number of ketones is 1. The molecular weight excluding hydrogens is 466 g/mol. The number of thiazole rings is 1. The fourth-order valence-electron chi connectivity index (χ4n) is 4.14. The number of esters is 1. The number of cyclic esters (lactones) is 1. The van der Waals surface area contributed by atoms with Crippen molar-refractivity contribution in [3.63, 3.8) is 0 Å². The van der Waals surface area contributed by atoms with Gasteiger partial charge in [0.25, 0.3) is 0 Å². The Balaban J connectivity index is 2.41. The Morgan fingerprint density at radius 1 is 1.26 bits per heavy atom. The van der Waals surface area contributed by atoms with Crippen LogP contribution in [0.5, 0.6) is 0 Å². The number of carbonyl (C=O) groups excluding carboxylic acids is 2. The summed E-state index contributed by atoms with van der Waals surface area (Å²) in [4.78, 5) is 30.4. The second-order valence-corrected chi connectivity index (χ2v) is 11.1. The van der Waals surface area contributed by atoms with Crippen LogP contribution in [0.4, 0.5) is 0 Å². The molecule has 5 atom stereocenters. The normalized spacial score (nSPS) is 32.0. The topological polar surface area (TPSA) is 117 Å². The van der Waals surface area contributed by atoms with Gasteiger partial charge < -0.3 is 20.1 Å². The van der Waals surface area contributed by atoms with Crippen LogP contribution in [-0.4, -0.2) is 57.0 Å². The minimum Gasteiger partial charge on any atom is -0.457 e. The molecule has 0 saturated carbocycles. The molecule has 0 radical (unpaired) electrons. The van der Waals surface area contributed by atoms with Crippen molar-refractivity contribution in [3.8, 4) is 0 Å². The van der Waals surface area contributed by atoms with Crippen molar-refractivity contribution >= 4 is 29.2 Å². The summed E-state index contributed by atoms with van der Waals surface area (Å²) in [5.74, 6) is -1.88. The fourth-order valence-corrected chi connectivity index (χ4v) is 4.71. The molecule has 35 heavy (non-hydrogen) atoms. The van der Waals surface area contributed by atoms with Crippen LogP contribution in [0.25, 0.3) is 6.08 Å². The molecule has 1 aliphatic heterocycles. The molecule has 194 valence electrons. The zero-order valence-electron chi connectivity index (χ0n) is 21.5. The Morgan fingerprint density at radius 2 is 1.94 bits per heavy atom. The van der Waals surface area contributed by atoms with Gasteiger partial charge >= 0.3 is 5.97 Å². The van der Waals surface area contributed by atoms with Crippen molar-refractivity contribution in [2.24, 2.45) is 17.3 Å². The molecular formula is C27H39NO6S. The number of aliphatic hydroxyl groups is 3. The van der Waals surface area contributed by atoms with Crippen LogP contribution in [0, 0.1) is 24.2 Å². The van der Waals surface area contributed by atoms with E-state index in [0.717, 1.165) is 16.3 Å². The quantitative estimate of drug-likeness (QED) is 0.531. The van der Waals surface area contributed by atoms with Gasteiger partial charge in [-0.05, 0) is 43.4 Å². The van der Waals surface area contributed by atoms with E-state index >= 15 is 0 Å². The molecule has 0 bridgehead atoms. The zero-order valence-corrected chi connectivity index (χ0v) is 22.3. The van der Waals surface area contributed by atoms with Crippen LogP contribution < -0.4 is 0 Å². The van der Waals surface area contributed by atoms with Crippen LogP contribution in [-0.2, 0) is 14.3 Å². The van der Waals surface area contributed by atoms with E-state index in [1.807, 2.05) is 44.4 Å². The van der Waals surface area contributed by atoms with Crippen molar-refractivity contribution in [1.29, 1.82) is 0 Å². The molecule has 1 aromatic rings. The zero-order chi connectivity index (χ0) is 26.3. The first kappa shape index (κ1) is 29.1. The Bertz CT molecular complexity index is 976. The first-order valence-corrected chi connectivity index (χ1v) is 12.9. The smallest absolute Gasteiger partial charge is 0.309 e. The fraction of sp³-hybridized carbons (Fsp3) is 0.593. The largest absolute Gasteiger partial charge is 0.457 e. The number of Topliss-reactive ketones (excluding diaryl/α,β-unsaturated/α-hetero) is 1. The first-order chi connectivity index (χ1) is 16.4. The number of hydrogen-bond donors (Lipinski definition) is 3. The van der Waals surface area contributed by atoms with Crippen molar-refractivity contribution < 1.29 is 29.6 Å². The molecule has 3 N–H and O–H groups in total. The molecule has 0 spiro atoms. The molecule has 0 aliphatic carbocycles. The summed E-state index contributed by atoms with van der Waals surface area (Å²) in [7, 11) is 0. The van der Waals surface area contributed by atoms with Gasteiger partial charge in [0.1, 0.15) is 11.9 Å². The van der Waals surface area contributed by atoms with Crippen LogP contribution in [0.2, 0.25) is 0 Å². The maximum atomic E-state index is 13.2. The average molecular weight is 506 g/mol. The van der Waals surface area contributed by atoms with Gasteiger partial charge in [-0.1, -0.05) is 45.9 Å². The second-order valence-electron chi connectivity index (χ2n) is 10.0. The molecule has 0 amide bonds. The number of ether oxygens (including phenoxy) is 1. The van der Waals surface area contributed by atoms with Gasteiger partial charge in [0.15, 0.2) is 0 Å². The summed E-state index contributed by atoms with van der Waals surface area (Å²) in [6.45, 7) is 10.3. The van der Waals surface area contributed by atoms with Crippen molar-refractivity contribution in [2.45, 2.75) is 79.1 Å². The highest BCUT2D eigenvalue weighted by molar-refractivity contribution is 7.09. The SMILES string of the molecule is C/C(=C\c1csc(C)n1)[C@@H]1C/C=C(CO)\C=C\C[C@H](C)[C@H](O)[C@@H](C)C(=O)C(C)(C)[C@@H](O)CC(=O)O1. The lowest BCUT2D eigenvalue weighted by Crippen LogP contribution is -2.45. The minimum absolute atomic E-state index is 0.191. The highest BCUT2D eigenvalue weighted by Crippen LogP contribution is 2.32. The standard InChI is InChI=1S/C27H39NO6S/c1-16-8-7-9-20(14-29)10-11-22(17(2)12-21-15-35-19(4)28-21)34-24(31)13-23(30)27(5,6)26(33)18(3)25(16)32/h7,9-10,12,15-16,18,22-23,25,29-30,32H,8,11,13-14H2,1-6H3/b9-7+,17-12+,20-10+/t16-,18+,22-,23-,25-/m0/s1. The number of carbonyl (C=O) groups is 2. The Labute approximate surface area is 212 Å². The summed E-state index contributed by atoms with van der Waals surface area (Å²) in [6, 6.07) is 0.